The summed E-state index contributed by atoms with van der Waals surface area (Å²) in [5, 5.41) is 9.71. The number of rotatable bonds is 3. The third kappa shape index (κ3) is 2.78. The summed E-state index contributed by atoms with van der Waals surface area (Å²) in [5.74, 6) is 0. The summed E-state index contributed by atoms with van der Waals surface area (Å²) in [6, 6.07) is 4.25. The molecule has 84 valence electrons. The molecule has 0 bridgehead atoms. The zero-order valence-electron chi connectivity index (χ0n) is 9.71. The molecule has 0 aromatic heterocycles. The molecule has 2 nitrogen and oxygen atoms in total. The Morgan fingerprint density at radius 3 is 2.40 bits per heavy atom. The minimum atomic E-state index is -0.418. The number of anilines is 1. The molecule has 1 unspecified atom stereocenters. The van der Waals surface area contributed by atoms with Crippen molar-refractivity contribution in [3.63, 3.8) is 0 Å². The van der Waals surface area contributed by atoms with Crippen LogP contribution in [0.4, 0.5) is 5.69 Å². The van der Waals surface area contributed by atoms with Crippen LogP contribution in [0.3, 0.4) is 0 Å². The van der Waals surface area contributed by atoms with E-state index in [9.17, 15) is 5.11 Å². The van der Waals surface area contributed by atoms with Crippen LogP contribution in [0.25, 0.3) is 0 Å². The standard InChI is InChI=1S/C12H18INO/c1-8-6-10(9(2)15)12(14(4)5)7-11(8)13-3/h6-7,9,15H,3H2,1-2,4-5H3. The molecular weight excluding hydrogens is 301 g/mol. The van der Waals surface area contributed by atoms with E-state index in [1.807, 2.05) is 19.0 Å². The minimum absolute atomic E-state index is 0.146. The van der Waals surface area contributed by atoms with E-state index in [-0.39, 0.29) is 20.7 Å². The summed E-state index contributed by atoms with van der Waals surface area (Å²) in [6.45, 7) is 3.90. The van der Waals surface area contributed by atoms with E-state index in [4.69, 9.17) is 0 Å². The van der Waals surface area contributed by atoms with E-state index in [0.717, 1.165) is 11.3 Å². The zero-order valence-corrected chi connectivity index (χ0v) is 11.9. The maximum atomic E-state index is 9.71. The van der Waals surface area contributed by atoms with Crippen molar-refractivity contribution >= 4 is 30.9 Å². The number of nitrogens with zero attached hydrogens (tertiary/aromatic N) is 1. The number of hydrogen-bond acceptors (Lipinski definition) is 2. The van der Waals surface area contributed by atoms with Gasteiger partial charge in [0.25, 0.3) is 0 Å². The highest BCUT2D eigenvalue weighted by Crippen LogP contribution is 2.30. The first kappa shape index (κ1) is 12.6. The van der Waals surface area contributed by atoms with Gasteiger partial charge < -0.3 is 10.0 Å². The Bertz CT molecular complexity index is 372. The van der Waals surface area contributed by atoms with Gasteiger partial charge in [0.1, 0.15) is 0 Å². The predicted octanol–water partition coefficient (Wildman–Crippen LogP) is 2.69. The van der Waals surface area contributed by atoms with Crippen molar-refractivity contribution in [3.8, 4) is 0 Å². The quantitative estimate of drug-likeness (QED) is 0.866. The molecule has 0 aliphatic carbocycles. The van der Waals surface area contributed by atoms with Gasteiger partial charge in [-0.15, -0.1) is 0 Å². The molecule has 0 fully saturated rings. The third-order valence-corrected chi connectivity index (χ3v) is 4.37. The molecule has 0 saturated carbocycles. The second kappa shape index (κ2) is 5.07. The highest BCUT2D eigenvalue weighted by Gasteiger charge is 2.11. The Kier molecular flexibility index (Phi) is 4.28. The second-order valence-corrected chi connectivity index (χ2v) is 5.79. The average molecular weight is 319 g/mol. The van der Waals surface area contributed by atoms with Gasteiger partial charge in [0.05, 0.1) is 6.10 Å². The van der Waals surface area contributed by atoms with Crippen molar-refractivity contribution in [2.45, 2.75) is 20.0 Å². The van der Waals surface area contributed by atoms with Gasteiger partial charge in [-0.2, -0.15) is 0 Å². The molecule has 1 rings (SSSR count). The van der Waals surface area contributed by atoms with Gasteiger partial charge in [0.15, 0.2) is 0 Å². The predicted molar refractivity (Wildman–Crippen MR) is 76.0 cm³/mol. The van der Waals surface area contributed by atoms with Crippen molar-refractivity contribution in [1.29, 1.82) is 0 Å². The summed E-state index contributed by atoms with van der Waals surface area (Å²) >= 11 is -0.146. The topological polar surface area (TPSA) is 23.5 Å². The lowest BCUT2D eigenvalue weighted by molar-refractivity contribution is 0.199. The Morgan fingerprint density at radius 2 is 2.00 bits per heavy atom. The van der Waals surface area contributed by atoms with Gasteiger partial charge in [0, 0.05) is 28.9 Å². The highest BCUT2D eigenvalue weighted by molar-refractivity contribution is 14.2. The summed E-state index contributed by atoms with van der Waals surface area (Å²) < 4.78 is 5.37. The minimum Gasteiger partial charge on any atom is -0.389 e. The molecule has 0 aliphatic rings. The lowest BCUT2D eigenvalue weighted by Gasteiger charge is -2.21. The smallest absolute Gasteiger partial charge is 0.0782 e. The van der Waals surface area contributed by atoms with E-state index in [1.54, 1.807) is 6.92 Å². The lowest BCUT2D eigenvalue weighted by Crippen LogP contribution is -2.13. The summed E-state index contributed by atoms with van der Waals surface area (Å²) in [5.41, 5.74) is 3.35. The lowest BCUT2D eigenvalue weighted by atomic mass is 10.0. The van der Waals surface area contributed by atoms with Gasteiger partial charge in [-0.3, -0.25) is 0 Å². The van der Waals surface area contributed by atoms with E-state index in [0.29, 0.717) is 0 Å². The van der Waals surface area contributed by atoms with E-state index < -0.39 is 6.10 Å². The van der Waals surface area contributed by atoms with Crippen molar-refractivity contribution in [1.82, 2.24) is 0 Å². The van der Waals surface area contributed by atoms with Crippen LogP contribution in [0.2, 0.25) is 0 Å². The van der Waals surface area contributed by atoms with Crippen LogP contribution < -0.4 is 4.90 Å². The summed E-state index contributed by atoms with van der Waals surface area (Å²) in [7, 11) is 4.00. The van der Waals surface area contributed by atoms with Crippen LogP contribution >= 0.6 is 20.7 Å². The summed E-state index contributed by atoms with van der Waals surface area (Å²) in [6.07, 6.45) is -0.418. The van der Waals surface area contributed by atoms with Crippen molar-refractivity contribution < 1.29 is 5.11 Å². The van der Waals surface area contributed by atoms with E-state index in [1.165, 1.54) is 9.13 Å². The number of benzene rings is 1. The maximum Gasteiger partial charge on any atom is 0.0782 e. The van der Waals surface area contributed by atoms with Crippen LogP contribution in [-0.2, 0) is 0 Å². The Hall–Kier alpha value is -0.420. The molecule has 15 heavy (non-hydrogen) atoms. The van der Waals surface area contributed by atoms with Crippen LogP contribution in [0, 0.1) is 10.5 Å². The van der Waals surface area contributed by atoms with Gasteiger partial charge in [-0.05, 0) is 25.5 Å². The van der Waals surface area contributed by atoms with Crippen molar-refractivity contribution in [2.75, 3.05) is 19.0 Å². The first-order valence-electron chi connectivity index (χ1n) is 4.85. The number of hydrogen-bond donors (Lipinski definition) is 1. The Balaban J connectivity index is 3.38. The third-order valence-electron chi connectivity index (χ3n) is 2.38. The first-order valence-corrected chi connectivity index (χ1v) is 7.46. The van der Waals surface area contributed by atoms with Gasteiger partial charge in [0.2, 0.25) is 0 Å². The van der Waals surface area contributed by atoms with Crippen LogP contribution in [0.15, 0.2) is 12.1 Å². The molecule has 0 amide bonds. The highest BCUT2D eigenvalue weighted by atomic mass is 127. The molecule has 1 N–H and O–H groups in total. The molecular formula is C12H18INO. The van der Waals surface area contributed by atoms with E-state index >= 15 is 0 Å². The zero-order chi connectivity index (χ0) is 11.6. The Morgan fingerprint density at radius 1 is 1.40 bits per heavy atom. The fourth-order valence-corrected chi connectivity index (χ4v) is 2.83. The molecule has 3 heteroatoms. The van der Waals surface area contributed by atoms with Gasteiger partial charge >= 0.3 is 0 Å². The second-order valence-electron chi connectivity index (χ2n) is 3.86. The fourth-order valence-electron chi connectivity index (χ4n) is 1.56. The van der Waals surface area contributed by atoms with Gasteiger partial charge in [-0.1, -0.05) is 31.3 Å². The molecule has 0 heterocycles. The molecule has 0 radical (unpaired) electrons. The van der Waals surface area contributed by atoms with Crippen LogP contribution in [0.1, 0.15) is 24.2 Å². The molecule has 1 aromatic rings. The van der Waals surface area contributed by atoms with Crippen LogP contribution in [-0.4, -0.2) is 23.7 Å². The average Bonchev–Trinajstić information content (AvgIpc) is 2.16. The molecule has 0 aliphatic heterocycles. The summed E-state index contributed by atoms with van der Waals surface area (Å²) in [4.78, 5) is 2.05. The Labute approximate surface area is 102 Å². The number of aryl methyl sites for hydroxylation is 1. The number of halogens is 1. The monoisotopic (exact) mass is 319 g/mol. The molecule has 1 aromatic carbocycles. The number of aliphatic hydroxyl groups is 1. The number of aliphatic hydroxyl groups excluding tert-OH is 1. The van der Waals surface area contributed by atoms with Gasteiger partial charge in [-0.25, -0.2) is 0 Å². The van der Waals surface area contributed by atoms with Crippen molar-refractivity contribution in [2.24, 2.45) is 0 Å². The molecule has 1 atom stereocenters. The SMILES string of the molecule is C=Ic1cc(N(C)C)c(C(C)O)cc1C. The molecule has 0 saturated heterocycles. The fraction of sp³-hybridized carbons (Fsp3) is 0.417. The largest absolute Gasteiger partial charge is 0.389 e. The van der Waals surface area contributed by atoms with Crippen molar-refractivity contribution in [3.05, 3.63) is 26.8 Å². The molecule has 0 spiro atoms. The maximum absolute atomic E-state index is 9.71. The normalized spacial score (nSPS) is 12.6. The van der Waals surface area contributed by atoms with Crippen LogP contribution in [0.5, 0.6) is 0 Å². The first-order chi connectivity index (χ1) is 6.97. The van der Waals surface area contributed by atoms with E-state index in [2.05, 4.69) is 23.6 Å².